The zero-order valence-corrected chi connectivity index (χ0v) is 8.52. The maximum absolute atomic E-state index is 11.8. The second-order valence-corrected chi connectivity index (χ2v) is 4.16. The summed E-state index contributed by atoms with van der Waals surface area (Å²) in [4.78, 5) is 0. The Bertz CT molecular complexity index is 145. The zero-order chi connectivity index (χ0) is 10.4. The largest absolute Gasteiger partial charge is 0.328 e. The number of hydrogen-bond acceptors (Lipinski definition) is 2. The van der Waals surface area contributed by atoms with Crippen LogP contribution in [0.2, 0.25) is 0 Å². The van der Waals surface area contributed by atoms with Crippen LogP contribution in [0.3, 0.4) is 0 Å². The van der Waals surface area contributed by atoms with E-state index >= 15 is 0 Å². The van der Waals surface area contributed by atoms with Crippen LogP contribution in [0.4, 0.5) is 8.78 Å². The van der Waals surface area contributed by atoms with Gasteiger partial charge in [0.05, 0.1) is 0 Å². The van der Waals surface area contributed by atoms with Gasteiger partial charge in [-0.05, 0) is 38.1 Å². The molecule has 0 saturated heterocycles. The van der Waals surface area contributed by atoms with E-state index in [0.29, 0.717) is 18.5 Å². The van der Waals surface area contributed by atoms with Crippen molar-refractivity contribution in [1.29, 1.82) is 0 Å². The van der Waals surface area contributed by atoms with Gasteiger partial charge in [-0.3, -0.25) is 0 Å². The first kappa shape index (κ1) is 11.9. The molecule has 0 heterocycles. The van der Waals surface area contributed by atoms with Gasteiger partial charge in [-0.2, -0.15) is 0 Å². The van der Waals surface area contributed by atoms with Gasteiger partial charge in [0, 0.05) is 19.0 Å². The Morgan fingerprint density at radius 3 is 2.43 bits per heavy atom. The minimum absolute atomic E-state index is 0.0355. The summed E-state index contributed by atoms with van der Waals surface area (Å²) < 4.78 is 23.6. The average Bonchev–Trinajstić information content (AvgIpc) is 2.15. The number of nitrogens with two attached hydrogens (primary N) is 1. The third-order valence-electron chi connectivity index (χ3n) is 2.86. The molecular formula is C10H20F2N2. The van der Waals surface area contributed by atoms with Crippen LogP contribution in [-0.4, -0.2) is 25.6 Å². The predicted octanol–water partition coefficient (Wildman–Crippen LogP) is 1.75. The van der Waals surface area contributed by atoms with E-state index in [1.165, 1.54) is 0 Å². The van der Waals surface area contributed by atoms with Gasteiger partial charge in [-0.25, -0.2) is 8.78 Å². The molecule has 0 radical (unpaired) electrons. The van der Waals surface area contributed by atoms with Crippen LogP contribution in [0.1, 0.15) is 32.1 Å². The van der Waals surface area contributed by atoms with Crippen molar-refractivity contribution in [2.45, 2.75) is 44.6 Å². The van der Waals surface area contributed by atoms with Crippen LogP contribution in [0.25, 0.3) is 0 Å². The van der Waals surface area contributed by atoms with Gasteiger partial charge in [-0.1, -0.05) is 0 Å². The molecule has 0 aromatic rings. The second kappa shape index (κ2) is 6.30. The molecule has 3 N–H and O–H groups in total. The molecule has 1 aliphatic rings. The van der Waals surface area contributed by atoms with Gasteiger partial charge in [-0.15, -0.1) is 0 Å². The standard InChI is InChI=1S/C10H20F2N2/c11-10(12)5-6-14-7-8-1-3-9(13)4-2-8/h8-10,14H,1-7,13H2. The number of rotatable bonds is 5. The fraction of sp³-hybridized carbons (Fsp3) is 1.00. The normalized spacial score (nSPS) is 28.3. The van der Waals surface area contributed by atoms with Gasteiger partial charge in [0.15, 0.2) is 0 Å². The van der Waals surface area contributed by atoms with E-state index in [-0.39, 0.29) is 6.42 Å². The molecule has 0 unspecified atom stereocenters. The van der Waals surface area contributed by atoms with E-state index < -0.39 is 6.43 Å². The molecule has 2 nitrogen and oxygen atoms in total. The quantitative estimate of drug-likeness (QED) is 0.672. The first-order chi connectivity index (χ1) is 6.68. The molecule has 4 heteroatoms. The topological polar surface area (TPSA) is 38.0 Å². The van der Waals surface area contributed by atoms with Gasteiger partial charge < -0.3 is 11.1 Å². The molecule has 1 rings (SSSR count). The van der Waals surface area contributed by atoms with Crippen LogP contribution in [-0.2, 0) is 0 Å². The molecule has 1 fully saturated rings. The minimum atomic E-state index is -2.18. The molecule has 0 bridgehead atoms. The summed E-state index contributed by atoms with van der Waals surface area (Å²) in [5, 5.41) is 3.08. The van der Waals surface area contributed by atoms with Crippen molar-refractivity contribution in [2.24, 2.45) is 11.7 Å². The molecule has 0 aromatic heterocycles. The first-order valence-electron chi connectivity index (χ1n) is 5.43. The fourth-order valence-electron chi connectivity index (χ4n) is 1.91. The molecular weight excluding hydrogens is 186 g/mol. The summed E-state index contributed by atoms with van der Waals surface area (Å²) in [5.74, 6) is 0.646. The fourth-order valence-corrected chi connectivity index (χ4v) is 1.91. The Balaban J connectivity index is 1.96. The monoisotopic (exact) mass is 206 g/mol. The van der Waals surface area contributed by atoms with Crippen LogP contribution in [0.15, 0.2) is 0 Å². The summed E-state index contributed by atoms with van der Waals surface area (Å²) in [6.07, 6.45) is 2.24. The molecule has 0 atom stereocenters. The highest BCUT2D eigenvalue weighted by atomic mass is 19.3. The summed E-state index contributed by atoms with van der Waals surface area (Å²) in [6.45, 7) is 1.31. The predicted molar refractivity (Wildman–Crippen MR) is 53.4 cm³/mol. The Kier molecular flexibility index (Phi) is 5.33. The molecule has 0 aromatic carbocycles. The van der Waals surface area contributed by atoms with Crippen molar-refractivity contribution >= 4 is 0 Å². The highest BCUT2D eigenvalue weighted by Gasteiger charge is 2.17. The number of halogens is 2. The lowest BCUT2D eigenvalue weighted by molar-refractivity contribution is 0.136. The number of hydrogen-bond donors (Lipinski definition) is 2. The van der Waals surface area contributed by atoms with Crippen LogP contribution in [0.5, 0.6) is 0 Å². The third kappa shape index (κ3) is 4.86. The Morgan fingerprint density at radius 1 is 1.21 bits per heavy atom. The van der Waals surface area contributed by atoms with Gasteiger partial charge in [0.1, 0.15) is 0 Å². The first-order valence-corrected chi connectivity index (χ1v) is 5.43. The summed E-state index contributed by atoms with van der Waals surface area (Å²) in [6, 6.07) is 0.368. The lowest BCUT2D eigenvalue weighted by Gasteiger charge is -2.26. The molecule has 1 saturated carbocycles. The van der Waals surface area contributed by atoms with E-state index in [1.807, 2.05) is 0 Å². The van der Waals surface area contributed by atoms with Crippen molar-refractivity contribution in [1.82, 2.24) is 5.32 Å². The Hall–Kier alpha value is -0.220. The van der Waals surface area contributed by atoms with E-state index in [1.54, 1.807) is 0 Å². The van der Waals surface area contributed by atoms with Gasteiger partial charge in [0.2, 0.25) is 6.43 Å². The van der Waals surface area contributed by atoms with E-state index in [0.717, 1.165) is 32.2 Å². The smallest absolute Gasteiger partial charge is 0.239 e. The molecule has 1 aliphatic carbocycles. The highest BCUT2D eigenvalue weighted by molar-refractivity contribution is 4.75. The van der Waals surface area contributed by atoms with Crippen LogP contribution < -0.4 is 11.1 Å². The number of alkyl halides is 2. The summed E-state index contributed by atoms with van der Waals surface area (Å²) in [5.41, 5.74) is 5.77. The third-order valence-corrected chi connectivity index (χ3v) is 2.86. The average molecular weight is 206 g/mol. The lowest BCUT2D eigenvalue weighted by atomic mass is 9.86. The highest BCUT2D eigenvalue weighted by Crippen LogP contribution is 2.22. The van der Waals surface area contributed by atoms with E-state index in [2.05, 4.69) is 5.32 Å². The Morgan fingerprint density at radius 2 is 1.86 bits per heavy atom. The summed E-state index contributed by atoms with van der Waals surface area (Å²) >= 11 is 0. The zero-order valence-electron chi connectivity index (χ0n) is 8.52. The molecule has 84 valence electrons. The molecule has 0 aliphatic heterocycles. The van der Waals surface area contributed by atoms with Crippen molar-refractivity contribution in [2.75, 3.05) is 13.1 Å². The SMILES string of the molecule is NC1CCC(CNCCC(F)F)CC1. The molecule has 14 heavy (non-hydrogen) atoms. The van der Waals surface area contributed by atoms with Crippen LogP contribution in [0, 0.1) is 5.92 Å². The van der Waals surface area contributed by atoms with E-state index in [9.17, 15) is 8.78 Å². The van der Waals surface area contributed by atoms with Gasteiger partial charge in [0.25, 0.3) is 0 Å². The Labute approximate surface area is 84.2 Å². The van der Waals surface area contributed by atoms with Crippen LogP contribution >= 0.6 is 0 Å². The van der Waals surface area contributed by atoms with E-state index in [4.69, 9.17) is 5.73 Å². The lowest BCUT2D eigenvalue weighted by Crippen LogP contribution is -2.32. The van der Waals surface area contributed by atoms with Gasteiger partial charge >= 0.3 is 0 Å². The van der Waals surface area contributed by atoms with Crippen molar-refractivity contribution in [3.8, 4) is 0 Å². The molecule has 0 spiro atoms. The minimum Gasteiger partial charge on any atom is -0.328 e. The second-order valence-electron chi connectivity index (χ2n) is 4.16. The maximum Gasteiger partial charge on any atom is 0.239 e. The molecule has 0 amide bonds. The maximum atomic E-state index is 11.8. The summed E-state index contributed by atoms with van der Waals surface area (Å²) in [7, 11) is 0. The number of nitrogens with one attached hydrogen (secondary N) is 1. The van der Waals surface area contributed by atoms with Crippen molar-refractivity contribution in [3.63, 3.8) is 0 Å². The van der Waals surface area contributed by atoms with Crippen molar-refractivity contribution in [3.05, 3.63) is 0 Å². The van der Waals surface area contributed by atoms with Crippen molar-refractivity contribution < 1.29 is 8.78 Å².